The molecule has 74 valence electrons. The summed E-state index contributed by atoms with van der Waals surface area (Å²) in [5, 5.41) is 28.7. The fourth-order valence-electron chi connectivity index (χ4n) is 2.28. The molecule has 1 aliphatic carbocycles. The zero-order valence-electron chi connectivity index (χ0n) is 7.43. The Morgan fingerprint density at radius 3 is 2.69 bits per heavy atom. The van der Waals surface area contributed by atoms with Gasteiger partial charge in [-0.05, 0) is 25.5 Å². The van der Waals surface area contributed by atoms with E-state index in [2.05, 4.69) is 4.99 Å². The Morgan fingerprint density at radius 1 is 1.31 bits per heavy atom. The second kappa shape index (κ2) is 3.04. The van der Waals surface area contributed by atoms with Gasteiger partial charge in [0.05, 0.1) is 12.2 Å². The lowest BCUT2D eigenvalue weighted by Gasteiger charge is -2.42. The van der Waals surface area contributed by atoms with Gasteiger partial charge in [-0.3, -0.25) is 4.99 Å². The first-order valence-corrected chi connectivity index (χ1v) is 4.68. The standard InChI is InChI=1S/C9H15NO3/c11-6-1-2-9(3-4-10-5-9)8(13)7(6)12/h4,6-8,11-13H,1-3,5H2. The molecule has 4 heteroatoms. The second-order valence-electron chi connectivity index (χ2n) is 4.13. The Hall–Kier alpha value is -0.450. The molecule has 0 aromatic rings. The maximum absolute atomic E-state index is 9.81. The van der Waals surface area contributed by atoms with Crippen LogP contribution in [-0.4, -0.2) is 46.4 Å². The lowest BCUT2D eigenvalue weighted by molar-refractivity contribution is -0.139. The van der Waals surface area contributed by atoms with Gasteiger partial charge in [0.15, 0.2) is 0 Å². The highest BCUT2D eigenvalue weighted by Gasteiger charge is 2.48. The van der Waals surface area contributed by atoms with Crippen LogP contribution in [-0.2, 0) is 0 Å². The molecule has 1 heterocycles. The predicted molar refractivity (Wildman–Crippen MR) is 47.7 cm³/mol. The summed E-state index contributed by atoms with van der Waals surface area (Å²) in [5.74, 6) is 0. The highest BCUT2D eigenvalue weighted by molar-refractivity contribution is 5.61. The molecule has 0 bridgehead atoms. The Bertz CT molecular complexity index is 221. The first kappa shape index (κ1) is 9.12. The summed E-state index contributed by atoms with van der Waals surface area (Å²) >= 11 is 0. The van der Waals surface area contributed by atoms with Crippen molar-refractivity contribution in [1.29, 1.82) is 0 Å². The van der Waals surface area contributed by atoms with Crippen LogP contribution in [0.5, 0.6) is 0 Å². The van der Waals surface area contributed by atoms with Crippen molar-refractivity contribution in [3.63, 3.8) is 0 Å². The van der Waals surface area contributed by atoms with Crippen molar-refractivity contribution < 1.29 is 15.3 Å². The molecule has 0 aromatic heterocycles. The third-order valence-electron chi connectivity index (χ3n) is 3.32. The van der Waals surface area contributed by atoms with E-state index in [9.17, 15) is 15.3 Å². The van der Waals surface area contributed by atoms with E-state index in [-0.39, 0.29) is 5.41 Å². The van der Waals surface area contributed by atoms with Crippen molar-refractivity contribution in [2.45, 2.75) is 37.6 Å². The van der Waals surface area contributed by atoms with E-state index >= 15 is 0 Å². The molecule has 4 nitrogen and oxygen atoms in total. The van der Waals surface area contributed by atoms with E-state index < -0.39 is 18.3 Å². The molecule has 2 aliphatic rings. The van der Waals surface area contributed by atoms with Gasteiger partial charge >= 0.3 is 0 Å². The number of aliphatic imine (C=N–C) groups is 1. The SMILES string of the molecule is OC1CCC2(CC=NC2)C(O)C1O. The summed E-state index contributed by atoms with van der Waals surface area (Å²) in [5.41, 5.74) is -0.293. The highest BCUT2D eigenvalue weighted by Crippen LogP contribution is 2.41. The molecular weight excluding hydrogens is 170 g/mol. The Labute approximate surface area is 76.9 Å². The lowest BCUT2D eigenvalue weighted by Crippen LogP contribution is -2.53. The molecule has 0 saturated heterocycles. The van der Waals surface area contributed by atoms with Crippen LogP contribution in [0.25, 0.3) is 0 Å². The van der Waals surface area contributed by atoms with Crippen LogP contribution in [0.4, 0.5) is 0 Å². The number of nitrogens with zero attached hydrogens (tertiary/aromatic N) is 1. The van der Waals surface area contributed by atoms with Gasteiger partial charge in [-0.25, -0.2) is 0 Å². The number of aliphatic hydroxyl groups is 3. The van der Waals surface area contributed by atoms with Crippen molar-refractivity contribution in [2.24, 2.45) is 10.4 Å². The fraction of sp³-hybridized carbons (Fsp3) is 0.889. The monoisotopic (exact) mass is 185 g/mol. The number of hydrogen-bond acceptors (Lipinski definition) is 4. The molecule has 1 spiro atoms. The van der Waals surface area contributed by atoms with Crippen molar-refractivity contribution in [2.75, 3.05) is 6.54 Å². The Kier molecular flexibility index (Phi) is 2.14. The van der Waals surface area contributed by atoms with Crippen molar-refractivity contribution in [3.8, 4) is 0 Å². The van der Waals surface area contributed by atoms with Crippen LogP contribution in [0.15, 0.2) is 4.99 Å². The molecule has 2 rings (SSSR count). The zero-order chi connectivity index (χ0) is 9.47. The molecule has 1 aliphatic heterocycles. The summed E-state index contributed by atoms with van der Waals surface area (Å²) in [4.78, 5) is 4.09. The van der Waals surface area contributed by atoms with Gasteiger partial charge < -0.3 is 15.3 Å². The van der Waals surface area contributed by atoms with Gasteiger partial charge in [-0.1, -0.05) is 0 Å². The third kappa shape index (κ3) is 1.29. The molecule has 13 heavy (non-hydrogen) atoms. The molecule has 4 atom stereocenters. The molecule has 0 amide bonds. The molecule has 1 fully saturated rings. The van der Waals surface area contributed by atoms with Crippen LogP contribution < -0.4 is 0 Å². The van der Waals surface area contributed by atoms with Crippen LogP contribution in [0, 0.1) is 5.41 Å². The summed E-state index contributed by atoms with van der Waals surface area (Å²) < 4.78 is 0. The first-order valence-electron chi connectivity index (χ1n) is 4.68. The maximum atomic E-state index is 9.81. The van der Waals surface area contributed by atoms with Crippen LogP contribution in [0.1, 0.15) is 19.3 Å². The molecule has 1 saturated carbocycles. The van der Waals surface area contributed by atoms with Gasteiger partial charge in [0, 0.05) is 12.0 Å². The smallest absolute Gasteiger partial charge is 0.106 e. The Balaban J connectivity index is 2.14. The summed E-state index contributed by atoms with van der Waals surface area (Å²) in [7, 11) is 0. The quantitative estimate of drug-likeness (QED) is 0.468. The lowest BCUT2D eigenvalue weighted by atomic mass is 9.69. The van der Waals surface area contributed by atoms with Gasteiger partial charge in [0.2, 0.25) is 0 Å². The largest absolute Gasteiger partial charge is 0.390 e. The number of rotatable bonds is 0. The van der Waals surface area contributed by atoms with Crippen LogP contribution in [0.2, 0.25) is 0 Å². The Morgan fingerprint density at radius 2 is 2.08 bits per heavy atom. The number of aliphatic hydroxyl groups excluding tert-OH is 3. The van der Waals surface area contributed by atoms with Gasteiger partial charge in [0.25, 0.3) is 0 Å². The average molecular weight is 185 g/mol. The third-order valence-corrected chi connectivity index (χ3v) is 3.32. The normalized spacial score (nSPS) is 50.2. The van der Waals surface area contributed by atoms with Crippen LogP contribution >= 0.6 is 0 Å². The molecular formula is C9H15NO3. The maximum Gasteiger partial charge on any atom is 0.106 e. The van der Waals surface area contributed by atoms with Crippen LogP contribution in [0.3, 0.4) is 0 Å². The molecule has 0 aromatic carbocycles. The first-order chi connectivity index (χ1) is 6.16. The van der Waals surface area contributed by atoms with Crippen molar-refractivity contribution in [3.05, 3.63) is 0 Å². The van der Waals surface area contributed by atoms with Crippen molar-refractivity contribution in [1.82, 2.24) is 0 Å². The summed E-state index contributed by atoms with van der Waals surface area (Å²) in [6.07, 6.45) is 1.20. The minimum Gasteiger partial charge on any atom is -0.390 e. The highest BCUT2D eigenvalue weighted by atomic mass is 16.4. The average Bonchev–Trinajstić information content (AvgIpc) is 2.59. The minimum absolute atomic E-state index is 0.293. The van der Waals surface area contributed by atoms with E-state index in [4.69, 9.17) is 0 Å². The van der Waals surface area contributed by atoms with Gasteiger partial charge in [-0.15, -0.1) is 0 Å². The van der Waals surface area contributed by atoms with Crippen molar-refractivity contribution >= 4 is 6.21 Å². The van der Waals surface area contributed by atoms with Gasteiger partial charge in [0.1, 0.15) is 6.10 Å². The van der Waals surface area contributed by atoms with E-state index in [0.29, 0.717) is 13.0 Å². The van der Waals surface area contributed by atoms with Gasteiger partial charge in [-0.2, -0.15) is 0 Å². The summed E-state index contributed by atoms with van der Waals surface area (Å²) in [6, 6.07) is 0. The fourth-order valence-corrected chi connectivity index (χ4v) is 2.28. The topological polar surface area (TPSA) is 73.1 Å². The summed E-state index contributed by atoms with van der Waals surface area (Å²) in [6.45, 7) is 0.581. The zero-order valence-corrected chi connectivity index (χ0v) is 7.43. The second-order valence-corrected chi connectivity index (χ2v) is 4.13. The molecule has 3 N–H and O–H groups in total. The van der Waals surface area contributed by atoms with E-state index in [1.165, 1.54) is 0 Å². The minimum atomic E-state index is -1.00. The molecule has 0 radical (unpaired) electrons. The van der Waals surface area contributed by atoms with E-state index in [1.54, 1.807) is 6.21 Å². The van der Waals surface area contributed by atoms with E-state index in [0.717, 1.165) is 12.8 Å². The van der Waals surface area contributed by atoms with E-state index in [1.807, 2.05) is 0 Å². The number of hydrogen-bond donors (Lipinski definition) is 3. The predicted octanol–water partition coefficient (Wildman–Crippen LogP) is -0.676. The molecule has 4 unspecified atom stereocenters.